The van der Waals surface area contributed by atoms with Crippen LogP contribution in [-0.4, -0.2) is 20.2 Å². The fraction of sp³-hybridized carbons (Fsp3) is 0.222. The van der Waals surface area contributed by atoms with Gasteiger partial charge in [-0.15, -0.1) is 5.10 Å². The Morgan fingerprint density at radius 1 is 1.36 bits per heavy atom. The smallest absolute Gasteiger partial charge is 0.149 e. The topological polar surface area (TPSA) is 66.5 Å². The van der Waals surface area contributed by atoms with Crippen LogP contribution < -0.4 is 5.32 Å². The highest BCUT2D eigenvalue weighted by Crippen LogP contribution is 2.02. The summed E-state index contributed by atoms with van der Waals surface area (Å²) in [6.07, 6.45) is 3.51. The lowest BCUT2D eigenvalue weighted by Gasteiger charge is -2.01. The molecule has 0 aliphatic carbocycles. The Labute approximate surface area is 81.6 Å². The van der Waals surface area contributed by atoms with Gasteiger partial charge in [-0.1, -0.05) is 0 Å². The summed E-state index contributed by atoms with van der Waals surface area (Å²) in [5.41, 5.74) is 0.911. The Kier molecular flexibility index (Phi) is 2.40. The molecule has 2 N–H and O–H groups in total. The van der Waals surface area contributed by atoms with Crippen molar-refractivity contribution in [2.45, 2.75) is 13.5 Å². The van der Waals surface area contributed by atoms with E-state index < -0.39 is 0 Å². The number of nitrogens with zero attached hydrogens (tertiary/aromatic N) is 3. The first-order valence-electron chi connectivity index (χ1n) is 4.37. The maximum Gasteiger partial charge on any atom is 0.149 e. The van der Waals surface area contributed by atoms with Gasteiger partial charge in [0.1, 0.15) is 11.6 Å². The van der Waals surface area contributed by atoms with Crippen LogP contribution in [0.25, 0.3) is 0 Å². The van der Waals surface area contributed by atoms with Crippen molar-refractivity contribution in [2.75, 3.05) is 5.32 Å². The first kappa shape index (κ1) is 8.68. The molecule has 14 heavy (non-hydrogen) atoms. The van der Waals surface area contributed by atoms with Gasteiger partial charge in [0.25, 0.3) is 0 Å². The molecule has 0 atom stereocenters. The third-order valence-electron chi connectivity index (χ3n) is 1.79. The van der Waals surface area contributed by atoms with Crippen LogP contribution in [0.3, 0.4) is 0 Å². The van der Waals surface area contributed by atoms with E-state index in [4.69, 9.17) is 0 Å². The molecule has 0 saturated heterocycles. The van der Waals surface area contributed by atoms with Gasteiger partial charge >= 0.3 is 0 Å². The van der Waals surface area contributed by atoms with Crippen LogP contribution in [0.5, 0.6) is 0 Å². The van der Waals surface area contributed by atoms with Gasteiger partial charge < -0.3 is 10.3 Å². The molecule has 2 heterocycles. The summed E-state index contributed by atoms with van der Waals surface area (Å²) >= 11 is 0. The molecular weight excluding hydrogens is 178 g/mol. The lowest BCUT2D eigenvalue weighted by Crippen LogP contribution is -2.03. The predicted octanol–water partition coefficient (Wildman–Crippen LogP) is 1.12. The van der Waals surface area contributed by atoms with E-state index in [1.807, 2.05) is 19.1 Å². The zero-order valence-corrected chi connectivity index (χ0v) is 7.86. The van der Waals surface area contributed by atoms with Crippen LogP contribution in [-0.2, 0) is 6.54 Å². The van der Waals surface area contributed by atoms with Crippen LogP contribution >= 0.6 is 0 Å². The highest BCUT2D eigenvalue weighted by molar-refractivity contribution is 5.32. The number of aromatic amines is 1. The van der Waals surface area contributed by atoms with Gasteiger partial charge in [0.2, 0.25) is 0 Å². The monoisotopic (exact) mass is 189 g/mol. The molecule has 0 unspecified atom stereocenters. The van der Waals surface area contributed by atoms with Crippen molar-refractivity contribution in [1.82, 2.24) is 20.2 Å². The minimum Gasteiger partial charge on any atom is -0.361 e. The Morgan fingerprint density at radius 3 is 2.93 bits per heavy atom. The quantitative estimate of drug-likeness (QED) is 0.759. The largest absolute Gasteiger partial charge is 0.361 e. The molecule has 0 spiro atoms. The number of hydrogen-bond donors (Lipinski definition) is 2. The second-order valence-corrected chi connectivity index (χ2v) is 2.95. The fourth-order valence-electron chi connectivity index (χ4n) is 1.06. The summed E-state index contributed by atoms with van der Waals surface area (Å²) in [6, 6.07) is 3.81. The SMILES string of the molecule is Cc1ccc(NCc2ncc[nH]2)nn1. The van der Waals surface area contributed by atoms with Crippen LogP contribution in [0.1, 0.15) is 11.5 Å². The Hall–Kier alpha value is -1.91. The number of imidazole rings is 1. The Morgan fingerprint density at radius 2 is 2.29 bits per heavy atom. The first-order chi connectivity index (χ1) is 6.84. The summed E-state index contributed by atoms with van der Waals surface area (Å²) in [4.78, 5) is 7.08. The predicted molar refractivity (Wildman–Crippen MR) is 52.7 cm³/mol. The molecule has 2 rings (SSSR count). The average Bonchev–Trinajstić information content (AvgIpc) is 2.70. The van der Waals surface area contributed by atoms with Crippen molar-refractivity contribution in [3.05, 3.63) is 36.0 Å². The second kappa shape index (κ2) is 3.87. The molecular formula is C9H11N5. The number of H-pyrrole nitrogens is 1. The van der Waals surface area contributed by atoms with E-state index >= 15 is 0 Å². The molecule has 5 heteroatoms. The molecule has 0 saturated carbocycles. The zero-order chi connectivity index (χ0) is 9.80. The van der Waals surface area contributed by atoms with Gasteiger partial charge in [0.05, 0.1) is 12.2 Å². The summed E-state index contributed by atoms with van der Waals surface area (Å²) in [6.45, 7) is 2.54. The minimum absolute atomic E-state index is 0.630. The summed E-state index contributed by atoms with van der Waals surface area (Å²) < 4.78 is 0. The van der Waals surface area contributed by atoms with Crippen molar-refractivity contribution >= 4 is 5.82 Å². The van der Waals surface area contributed by atoms with E-state index in [9.17, 15) is 0 Å². The maximum atomic E-state index is 4.08. The van der Waals surface area contributed by atoms with Gasteiger partial charge in [0.15, 0.2) is 0 Å². The van der Waals surface area contributed by atoms with E-state index in [-0.39, 0.29) is 0 Å². The fourth-order valence-corrected chi connectivity index (χ4v) is 1.06. The minimum atomic E-state index is 0.630. The van der Waals surface area contributed by atoms with Crippen LogP contribution in [0.15, 0.2) is 24.5 Å². The molecule has 2 aromatic heterocycles. The van der Waals surface area contributed by atoms with Crippen LogP contribution in [0, 0.1) is 6.92 Å². The molecule has 0 amide bonds. The van der Waals surface area contributed by atoms with Gasteiger partial charge in [-0.2, -0.15) is 5.10 Å². The molecule has 0 radical (unpaired) electrons. The second-order valence-electron chi connectivity index (χ2n) is 2.95. The van der Waals surface area contributed by atoms with E-state index in [2.05, 4.69) is 25.5 Å². The number of aryl methyl sites for hydroxylation is 1. The number of aromatic nitrogens is 4. The van der Waals surface area contributed by atoms with Gasteiger partial charge in [-0.3, -0.25) is 0 Å². The van der Waals surface area contributed by atoms with Gasteiger partial charge in [0, 0.05) is 12.4 Å². The van der Waals surface area contributed by atoms with Crippen molar-refractivity contribution in [3.63, 3.8) is 0 Å². The molecule has 72 valence electrons. The van der Waals surface area contributed by atoms with Crippen molar-refractivity contribution in [3.8, 4) is 0 Å². The van der Waals surface area contributed by atoms with E-state index in [0.29, 0.717) is 6.54 Å². The number of hydrogen-bond acceptors (Lipinski definition) is 4. The number of anilines is 1. The highest BCUT2D eigenvalue weighted by Gasteiger charge is 1.96. The number of rotatable bonds is 3. The highest BCUT2D eigenvalue weighted by atomic mass is 15.2. The van der Waals surface area contributed by atoms with Crippen LogP contribution in [0.4, 0.5) is 5.82 Å². The lowest BCUT2D eigenvalue weighted by molar-refractivity contribution is 0.937. The molecule has 0 aliphatic rings. The molecule has 0 fully saturated rings. The average molecular weight is 189 g/mol. The van der Waals surface area contributed by atoms with Crippen molar-refractivity contribution in [2.24, 2.45) is 0 Å². The van der Waals surface area contributed by atoms with Crippen LogP contribution in [0.2, 0.25) is 0 Å². The van der Waals surface area contributed by atoms with Gasteiger partial charge in [-0.05, 0) is 19.1 Å². The molecule has 0 bridgehead atoms. The molecule has 5 nitrogen and oxygen atoms in total. The molecule has 0 aliphatic heterocycles. The van der Waals surface area contributed by atoms with Gasteiger partial charge in [-0.25, -0.2) is 4.98 Å². The molecule has 2 aromatic rings. The summed E-state index contributed by atoms with van der Waals surface area (Å²) in [5.74, 6) is 1.64. The normalized spacial score (nSPS) is 10.1. The Balaban J connectivity index is 1.95. The number of nitrogens with one attached hydrogen (secondary N) is 2. The summed E-state index contributed by atoms with van der Waals surface area (Å²) in [5, 5.41) is 11.0. The maximum absolute atomic E-state index is 4.08. The third kappa shape index (κ3) is 2.07. The molecule has 0 aromatic carbocycles. The van der Waals surface area contributed by atoms with Crippen molar-refractivity contribution in [1.29, 1.82) is 0 Å². The standard InChI is InChI=1S/C9H11N5/c1-7-2-3-8(14-13-7)12-6-9-10-4-5-11-9/h2-5H,6H2,1H3,(H,10,11)(H,12,14). The first-order valence-corrected chi connectivity index (χ1v) is 4.37. The Bertz CT molecular complexity index is 378. The van der Waals surface area contributed by atoms with E-state index in [1.165, 1.54) is 0 Å². The van der Waals surface area contributed by atoms with Crippen molar-refractivity contribution < 1.29 is 0 Å². The van der Waals surface area contributed by atoms with E-state index in [1.54, 1.807) is 12.4 Å². The third-order valence-corrected chi connectivity index (χ3v) is 1.79. The van der Waals surface area contributed by atoms with E-state index in [0.717, 1.165) is 17.3 Å². The lowest BCUT2D eigenvalue weighted by atomic mass is 10.4. The zero-order valence-electron chi connectivity index (χ0n) is 7.86. The summed E-state index contributed by atoms with van der Waals surface area (Å²) in [7, 11) is 0.